The number of benzene rings is 2. The van der Waals surface area contributed by atoms with Gasteiger partial charge < -0.3 is 15.5 Å². The molecule has 0 radical (unpaired) electrons. The smallest absolute Gasteiger partial charge is 0.252 e. The predicted octanol–water partition coefficient (Wildman–Crippen LogP) is 4.06. The van der Waals surface area contributed by atoms with Crippen molar-refractivity contribution in [3.63, 3.8) is 0 Å². The van der Waals surface area contributed by atoms with Crippen molar-refractivity contribution < 1.29 is 9.59 Å². The third-order valence-electron chi connectivity index (χ3n) is 5.59. The topological polar surface area (TPSA) is 61.4 Å². The Kier molecular flexibility index (Phi) is 7.50. The molecule has 0 saturated carbocycles. The lowest BCUT2D eigenvalue weighted by molar-refractivity contribution is -0.123. The second kappa shape index (κ2) is 10.3. The first-order valence-corrected chi connectivity index (χ1v) is 10.9. The molecule has 2 aromatic carbocycles. The molecule has 3 rings (SSSR count). The van der Waals surface area contributed by atoms with Crippen LogP contribution >= 0.6 is 0 Å². The minimum atomic E-state index is -0.555. The van der Waals surface area contributed by atoms with Gasteiger partial charge >= 0.3 is 0 Å². The Morgan fingerprint density at radius 3 is 2.30 bits per heavy atom. The fraction of sp³-hybridized carbons (Fsp3) is 0.440. The zero-order valence-electron chi connectivity index (χ0n) is 18.3. The Hall–Kier alpha value is -2.82. The standard InChI is InChI=1S/C25H33N3O2/c1-18(2)16-23(27-24(29)22-9-5-4-8-19(22)3)25(30)26-17-20-10-12-21(13-11-20)28-14-6-7-15-28/h4-5,8-13,18,23H,6-7,14-17H2,1-3H3,(H,26,30)(H,27,29). The number of nitrogens with one attached hydrogen (secondary N) is 2. The van der Waals surface area contributed by atoms with E-state index in [0.29, 0.717) is 18.5 Å². The van der Waals surface area contributed by atoms with E-state index >= 15 is 0 Å². The number of amides is 2. The summed E-state index contributed by atoms with van der Waals surface area (Å²) in [6.45, 7) is 8.70. The van der Waals surface area contributed by atoms with Gasteiger partial charge in [-0.15, -0.1) is 0 Å². The van der Waals surface area contributed by atoms with Gasteiger partial charge in [0.05, 0.1) is 0 Å². The molecule has 160 valence electrons. The molecule has 1 saturated heterocycles. The molecule has 30 heavy (non-hydrogen) atoms. The lowest BCUT2D eigenvalue weighted by Gasteiger charge is -2.21. The van der Waals surface area contributed by atoms with Crippen LogP contribution in [0.15, 0.2) is 48.5 Å². The summed E-state index contributed by atoms with van der Waals surface area (Å²) in [7, 11) is 0. The first-order valence-electron chi connectivity index (χ1n) is 10.9. The quantitative estimate of drug-likeness (QED) is 0.694. The summed E-state index contributed by atoms with van der Waals surface area (Å²) in [5.41, 5.74) is 3.80. The van der Waals surface area contributed by atoms with Crippen LogP contribution in [-0.2, 0) is 11.3 Å². The molecular weight excluding hydrogens is 374 g/mol. The van der Waals surface area contributed by atoms with Crippen molar-refractivity contribution in [2.24, 2.45) is 5.92 Å². The van der Waals surface area contributed by atoms with Gasteiger partial charge in [-0.3, -0.25) is 9.59 Å². The Balaban J connectivity index is 1.59. The largest absolute Gasteiger partial charge is 0.372 e. The molecule has 2 aromatic rings. The molecule has 0 bridgehead atoms. The van der Waals surface area contributed by atoms with Gasteiger partial charge in [0.2, 0.25) is 5.91 Å². The Morgan fingerprint density at radius 1 is 1.00 bits per heavy atom. The molecule has 2 amide bonds. The van der Waals surface area contributed by atoms with Crippen molar-refractivity contribution in [1.29, 1.82) is 0 Å². The molecule has 2 N–H and O–H groups in total. The Bertz CT molecular complexity index is 855. The van der Waals surface area contributed by atoms with Crippen LogP contribution in [-0.4, -0.2) is 30.9 Å². The van der Waals surface area contributed by atoms with Crippen molar-refractivity contribution in [2.75, 3.05) is 18.0 Å². The third kappa shape index (κ3) is 5.85. The maximum absolute atomic E-state index is 12.8. The molecule has 0 spiro atoms. The normalized spacial score (nSPS) is 14.6. The van der Waals surface area contributed by atoms with Crippen molar-refractivity contribution in [3.8, 4) is 0 Å². The number of anilines is 1. The van der Waals surface area contributed by atoms with Gasteiger partial charge in [0.15, 0.2) is 0 Å². The fourth-order valence-corrected chi connectivity index (χ4v) is 3.88. The summed E-state index contributed by atoms with van der Waals surface area (Å²) in [5.74, 6) is -0.0595. The molecular formula is C25H33N3O2. The third-order valence-corrected chi connectivity index (χ3v) is 5.59. The molecule has 1 aliphatic heterocycles. The predicted molar refractivity (Wildman–Crippen MR) is 122 cm³/mol. The molecule has 0 aromatic heterocycles. The highest BCUT2D eigenvalue weighted by molar-refractivity contribution is 5.98. The summed E-state index contributed by atoms with van der Waals surface area (Å²) in [4.78, 5) is 27.9. The highest BCUT2D eigenvalue weighted by Gasteiger charge is 2.23. The van der Waals surface area contributed by atoms with E-state index in [2.05, 4.69) is 53.6 Å². The summed E-state index contributed by atoms with van der Waals surface area (Å²) in [6.07, 6.45) is 3.10. The van der Waals surface area contributed by atoms with Crippen LogP contribution in [0, 0.1) is 12.8 Å². The molecule has 0 aliphatic carbocycles. The van der Waals surface area contributed by atoms with E-state index in [1.165, 1.54) is 18.5 Å². The van der Waals surface area contributed by atoms with Gasteiger partial charge in [-0.2, -0.15) is 0 Å². The highest BCUT2D eigenvalue weighted by atomic mass is 16.2. The lowest BCUT2D eigenvalue weighted by atomic mass is 10.0. The zero-order chi connectivity index (χ0) is 21.5. The van der Waals surface area contributed by atoms with Crippen molar-refractivity contribution in [2.45, 2.75) is 52.6 Å². The summed E-state index contributed by atoms with van der Waals surface area (Å²) < 4.78 is 0. The lowest BCUT2D eigenvalue weighted by Crippen LogP contribution is -2.47. The van der Waals surface area contributed by atoms with E-state index in [1.807, 2.05) is 25.1 Å². The van der Waals surface area contributed by atoms with Gasteiger partial charge in [-0.05, 0) is 61.4 Å². The number of nitrogens with zero attached hydrogens (tertiary/aromatic N) is 1. The number of carbonyl (C=O) groups excluding carboxylic acids is 2. The SMILES string of the molecule is Cc1ccccc1C(=O)NC(CC(C)C)C(=O)NCc1ccc(N2CCCC2)cc1. The van der Waals surface area contributed by atoms with Crippen LogP contribution in [0.25, 0.3) is 0 Å². The van der Waals surface area contributed by atoms with Gasteiger partial charge in [0.25, 0.3) is 5.91 Å². The number of rotatable bonds is 8. The van der Waals surface area contributed by atoms with E-state index in [-0.39, 0.29) is 17.7 Å². The monoisotopic (exact) mass is 407 g/mol. The maximum atomic E-state index is 12.8. The minimum Gasteiger partial charge on any atom is -0.372 e. The van der Waals surface area contributed by atoms with E-state index < -0.39 is 6.04 Å². The van der Waals surface area contributed by atoms with E-state index in [0.717, 1.165) is 24.2 Å². The minimum absolute atomic E-state index is 0.144. The molecule has 5 heteroatoms. The van der Waals surface area contributed by atoms with Gasteiger partial charge in [-0.25, -0.2) is 0 Å². The average molecular weight is 408 g/mol. The number of hydrogen-bond donors (Lipinski definition) is 2. The van der Waals surface area contributed by atoms with E-state index in [1.54, 1.807) is 6.07 Å². The van der Waals surface area contributed by atoms with Crippen molar-refractivity contribution in [3.05, 3.63) is 65.2 Å². The molecule has 5 nitrogen and oxygen atoms in total. The molecule has 1 unspecified atom stereocenters. The van der Waals surface area contributed by atoms with Gasteiger partial charge in [0.1, 0.15) is 6.04 Å². The van der Waals surface area contributed by atoms with Crippen LogP contribution in [0.3, 0.4) is 0 Å². The van der Waals surface area contributed by atoms with Crippen LogP contribution in [0.4, 0.5) is 5.69 Å². The van der Waals surface area contributed by atoms with Crippen LogP contribution in [0.1, 0.15) is 54.6 Å². The second-order valence-electron chi connectivity index (χ2n) is 8.55. The van der Waals surface area contributed by atoms with Crippen LogP contribution < -0.4 is 15.5 Å². The molecule has 1 fully saturated rings. The van der Waals surface area contributed by atoms with Crippen LogP contribution in [0.5, 0.6) is 0 Å². The summed E-state index contributed by atoms with van der Waals surface area (Å²) in [6, 6.07) is 15.3. The van der Waals surface area contributed by atoms with Gasteiger partial charge in [-0.1, -0.05) is 44.2 Å². The number of aryl methyl sites for hydroxylation is 1. The first kappa shape index (κ1) is 21.9. The van der Waals surface area contributed by atoms with Gasteiger partial charge in [0, 0.05) is 30.9 Å². The van der Waals surface area contributed by atoms with Crippen molar-refractivity contribution in [1.82, 2.24) is 10.6 Å². The van der Waals surface area contributed by atoms with E-state index in [4.69, 9.17) is 0 Å². The summed E-state index contributed by atoms with van der Waals surface area (Å²) >= 11 is 0. The molecule has 1 heterocycles. The maximum Gasteiger partial charge on any atom is 0.252 e. The van der Waals surface area contributed by atoms with Crippen LogP contribution in [0.2, 0.25) is 0 Å². The Morgan fingerprint density at radius 2 is 1.67 bits per heavy atom. The average Bonchev–Trinajstić information content (AvgIpc) is 3.26. The first-order chi connectivity index (χ1) is 14.4. The fourth-order valence-electron chi connectivity index (χ4n) is 3.88. The van der Waals surface area contributed by atoms with E-state index in [9.17, 15) is 9.59 Å². The molecule has 1 aliphatic rings. The summed E-state index contributed by atoms with van der Waals surface area (Å²) in [5, 5.41) is 5.93. The second-order valence-corrected chi connectivity index (χ2v) is 8.55. The highest BCUT2D eigenvalue weighted by Crippen LogP contribution is 2.20. The number of hydrogen-bond acceptors (Lipinski definition) is 3. The van der Waals surface area contributed by atoms with Crippen molar-refractivity contribution >= 4 is 17.5 Å². The Labute approximate surface area is 179 Å². The zero-order valence-corrected chi connectivity index (χ0v) is 18.3. The molecule has 1 atom stereocenters. The number of carbonyl (C=O) groups is 2.